The van der Waals surface area contributed by atoms with E-state index in [2.05, 4.69) is 22.3 Å². The van der Waals surface area contributed by atoms with E-state index in [0.717, 1.165) is 31.0 Å². The van der Waals surface area contributed by atoms with Gasteiger partial charge in [0, 0.05) is 0 Å². The smallest absolute Gasteiger partial charge is 0.160 e. The third kappa shape index (κ3) is 5.21. The molecule has 0 aromatic heterocycles. The predicted octanol–water partition coefficient (Wildman–Crippen LogP) is 2.32. The Labute approximate surface area is 128 Å². The van der Waals surface area contributed by atoms with Crippen molar-refractivity contribution in [3.8, 4) is 11.5 Å². The SMILES string of the molecule is COc1ccc(CCNCCCN2CCCC2)cc1OC. The molecule has 0 radical (unpaired) electrons. The number of likely N-dealkylation sites (tertiary alicyclic amines) is 1. The molecular formula is C17H28N2O2. The Morgan fingerprint density at radius 2 is 1.81 bits per heavy atom. The van der Waals surface area contributed by atoms with Crippen molar-refractivity contribution in [2.24, 2.45) is 0 Å². The molecular weight excluding hydrogens is 264 g/mol. The lowest BCUT2D eigenvalue weighted by molar-refractivity contribution is 0.331. The van der Waals surface area contributed by atoms with Crippen molar-refractivity contribution in [2.75, 3.05) is 46.9 Å². The summed E-state index contributed by atoms with van der Waals surface area (Å²) in [6.07, 6.45) is 5.02. The molecule has 1 heterocycles. The largest absolute Gasteiger partial charge is 0.493 e. The van der Waals surface area contributed by atoms with E-state index in [1.165, 1.54) is 44.5 Å². The Morgan fingerprint density at radius 3 is 2.52 bits per heavy atom. The van der Waals surface area contributed by atoms with Crippen molar-refractivity contribution in [1.29, 1.82) is 0 Å². The number of ether oxygens (including phenoxy) is 2. The van der Waals surface area contributed by atoms with Crippen LogP contribution in [0.15, 0.2) is 18.2 Å². The minimum atomic E-state index is 0.792. The zero-order valence-electron chi connectivity index (χ0n) is 13.4. The highest BCUT2D eigenvalue weighted by molar-refractivity contribution is 5.42. The number of nitrogens with zero attached hydrogens (tertiary/aromatic N) is 1. The summed E-state index contributed by atoms with van der Waals surface area (Å²) in [6, 6.07) is 6.14. The van der Waals surface area contributed by atoms with Crippen LogP contribution in [0.2, 0.25) is 0 Å². The molecule has 1 N–H and O–H groups in total. The van der Waals surface area contributed by atoms with E-state index in [1.54, 1.807) is 14.2 Å². The van der Waals surface area contributed by atoms with Gasteiger partial charge in [0.1, 0.15) is 0 Å². The fourth-order valence-corrected chi connectivity index (χ4v) is 2.83. The molecule has 2 rings (SSSR count). The summed E-state index contributed by atoms with van der Waals surface area (Å²) < 4.78 is 10.6. The second-order valence-electron chi connectivity index (χ2n) is 5.59. The first-order valence-electron chi connectivity index (χ1n) is 7.97. The summed E-state index contributed by atoms with van der Waals surface area (Å²) in [5.41, 5.74) is 1.28. The van der Waals surface area contributed by atoms with Crippen LogP contribution >= 0.6 is 0 Å². The van der Waals surface area contributed by atoms with Crippen LogP contribution in [0.3, 0.4) is 0 Å². The lowest BCUT2D eigenvalue weighted by Gasteiger charge is -2.14. The molecule has 1 aromatic carbocycles. The highest BCUT2D eigenvalue weighted by atomic mass is 16.5. The van der Waals surface area contributed by atoms with E-state index in [9.17, 15) is 0 Å². The van der Waals surface area contributed by atoms with Gasteiger partial charge < -0.3 is 19.7 Å². The van der Waals surface area contributed by atoms with Gasteiger partial charge in [-0.25, -0.2) is 0 Å². The second kappa shape index (κ2) is 8.90. The van der Waals surface area contributed by atoms with Crippen molar-refractivity contribution in [3.63, 3.8) is 0 Å². The minimum Gasteiger partial charge on any atom is -0.493 e. The number of hydrogen-bond donors (Lipinski definition) is 1. The molecule has 21 heavy (non-hydrogen) atoms. The van der Waals surface area contributed by atoms with Crippen molar-refractivity contribution < 1.29 is 9.47 Å². The van der Waals surface area contributed by atoms with Gasteiger partial charge >= 0.3 is 0 Å². The minimum absolute atomic E-state index is 0.792. The lowest BCUT2D eigenvalue weighted by atomic mass is 10.1. The van der Waals surface area contributed by atoms with Crippen LogP contribution in [0.1, 0.15) is 24.8 Å². The first-order chi connectivity index (χ1) is 10.3. The second-order valence-corrected chi connectivity index (χ2v) is 5.59. The molecule has 1 saturated heterocycles. The molecule has 0 saturated carbocycles. The highest BCUT2D eigenvalue weighted by Gasteiger charge is 2.10. The number of rotatable bonds is 9. The highest BCUT2D eigenvalue weighted by Crippen LogP contribution is 2.27. The Bertz CT molecular complexity index is 417. The summed E-state index contributed by atoms with van der Waals surface area (Å²) in [4.78, 5) is 2.57. The average molecular weight is 292 g/mol. The first kappa shape index (κ1) is 16.1. The van der Waals surface area contributed by atoms with Gasteiger partial charge in [0.2, 0.25) is 0 Å². The first-order valence-corrected chi connectivity index (χ1v) is 7.97. The van der Waals surface area contributed by atoms with Crippen molar-refractivity contribution in [1.82, 2.24) is 10.2 Å². The molecule has 1 aliphatic rings. The molecule has 4 heteroatoms. The summed E-state index contributed by atoms with van der Waals surface area (Å²) in [5.74, 6) is 1.60. The van der Waals surface area contributed by atoms with Crippen LogP contribution in [-0.4, -0.2) is 51.8 Å². The molecule has 0 aliphatic carbocycles. The zero-order valence-corrected chi connectivity index (χ0v) is 13.4. The Balaban J connectivity index is 1.61. The van der Waals surface area contributed by atoms with Gasteiger partial charge in [-0.3, -0.25) is 0 Å². The molecule has 118 valence electrons. The summed E-state index contributed by atoms with van der Waals surface area (Å²) >= 11 is 0. The number of nitrogens with one attached hydrogen (secondary N) is 1. The topological polar surface area (TPSA) is 33.7 Å². The van der Waals surface area contributed by atoms with E-state index in [-0.39, 0.29) is 0 Å². The monoisotopic (exact) mass is 292 g/mol. The van der Waals surface area contributed by atoms with Crippen LogP contribution in [0.4, 0.5) is 0 Å². The van der Waals surface area contributed by atoms with Crippen LogP contribution in [-0.2, 0) is 6.42 Å². The fourth-order valence-electron chi connectivity index (χ4n) is 2.83. The van der Waals surface area contributed by atoms with E-state index in [4.69, 9.17) is 9.47 Å². The normalized spacial score (nSPS) is 15.3. The molecule has 4 nitrogen and oxygen atoms in total. The van der Waals surface area contributed by atoms with Crippen molar-refractivity contribution in [3.05, 3.63) is 23.8 Å². The Morgan fingerprint density at radius 1 is 1.05 bits per heavy atom. The molecule has 0 atom stereocenters. The zero-order chi connectivity index (χ0) is 14.9. The van der Waals surface area contributed by atoms with E-state index in [1.807, 2.05) is 6.07 Å². The third-order valence-corrected chi connectivity index (χ3v) is 4.06. The van der Waals surface area contributed by atoms with Gasteiger partial charge in [0.15, 0.2) is 11.5 Å². The molecule has 0 amide bonds. The Hall–Kier alpha value is -1.26. The van der Waals surface area contributed by atoms with Gasteiger partial charge in [-0.2, -0.15) is 0 Å². The van der Waals surface area contributed by atoms with Gasteiger partial charge in [0.05, 0.1) is 14.2 Å². The predicted molar refractivity (Wildman–Crippen MR) is 86.4 cm³/mol. The van der Waals surface area contributed by atoms with Gasteiger partial charge in [-0.15, -0.1) is 0 Å². The van der Waals surface area contributed by atoms with Crippen molar-refractivity contribution >= 4 is 0 Å². The maximum absolute atomic E-state index is 5.33. The third-order valence-electron chi connectivity index (χ3n) is 4.06. The molecule has 0 spiro atoms. The molecule has 1 fully saturated rings. The summed E-state index contributed by atoms with van der Waals surface area (Å²) in [5, 5.41) is 3.53. The number of methoxy groups -OCH3 is 2. The number of hydrogen-bond acceptors (Lipinski definition) is 4. The maximum atomic E-state index is 5.33. The Kier molecular flexibility index (Phi) is 6.83. The molecule has 0 unspecified atom stereocenters. The molecule has 1 aliphatic heterocycles. The lowest BCUT2D eigenvalue weighted by Crippen LogP contribution is -2.25. The van der Waals surface area contributed by atoms with Gasteiger partial charge in [-0.1, -0.05) is 6.07 Å². The van der Waals surface area contributed by atoms with E-state index < -0.39 is 0 Å². The van der Waals surface area contributed by atoms with Crippen LogP contribution in [0, 0.1) is 0 Å². The summed E-state index contributed by atoms with van der Waals surface area (Å²) in [6.45, 7) is 5.94. The van der Waals surface area contributed by atoms with Crippen LogP contribution < -0.4 is 14.8 Å². The van der Waals surface area contributed by atoms with Crippen molar-refractivity contribution in [2.45, 2.75) is 25.7 Å². The van der Waals surface area contributed by atoms with E-state index in [0.29, 0.717) is 0 Å². The quantitative estimate of drug-likeness (QED) is 0.708. The van der Waals surface area contributed by atoms with Gasteiger partial charge in [-0.05, 0) is 76.1 Å². The standard InChI is InChI=1S/C17H28N2O2/c1-20-16-7-6-15(14-17(16)21-2)8-10-18-9-5-13-19-11-3-4-12-19/h6-7,14,18H,3-5,8-13H2,1-2H3. The van der Waals surface area contributed by atoms with E-state index >= 15 is 0 Å². The average Bonchev–Trinajstić information content (AvgIpc) is 3.03. The molecule has 1 aromatic rings. The molecule has 0 bridgehead atoms. The maximum Gasteiger partial charge on any atom is 0.160 e. The summed E-state index contributed by atoms with van der Waals surface area (Å²) in [7, 11) is 3.34. The van der Waals surface area contributed by atoms with Gasteiger partial charge in [0.25, 0.3) is 0 Å². The van der Waals surface area contributed by atoms with Crippen LogP contribution in [0.5, 0.6) is 11.5 Å². The van der Waals surface area contributed by atoms with Crippen LogP contribution in [0.25, 0.3) is 0 Å². The fraction of sp³-hybridized carbons (Fsp3) is 0.647. The number of benzene rings is 1.